The molecule has 1 amide bonds. The van der Waals surface area contributed by atoms with Crippen LogP contribution in [0.15, 0.2) is 58.5 Å². The van der Waals surface area contributed by atoms with E-state index in [9.17, 15) is 13.6 Å². The number of nitrogens with zero attached hydrogens (tertiary/aromatic N) is 1. The zero-order valence-electron chi connectivity index (χ0n) is 13.5. The van der Waals surface area contributed by atoms with E-state index in [0.717, 1.165) is 22.3 Å². The predicted molar refractivity (Wildman–Crippen MR) is 95.2 cm³/mol. The highest BCUT2D eigenvalue weighted by atomic mass is 32.1. The Labute approximate surface area is 151 Å². The summed E-state index contributed by atoms with van der Waals surface area (Å²) in [5, 5.41) is 4.74. The summed E-state index contributed by atoms with van der Waals surface area (Å²) in [6, 6.07) is 11.0. The second-order valence-electron chi connectivity index (χ2n) is 5.80. The largest absolute Gasteiger partial charge is 0.467 e. The van der Waals surface area contributed by atoms with Gasteiger partial charge in [-0.05, 0) is 47.3 Å². The Hall–Kier alpha value is -2.93. The van der Waals surface area contributed by atoms with Gasteiger partial charge in [0, 0.05) is 6.54 Å². The highest BCUT2D eigenvalue weighted by Crippen LogP contribution is 2.26. The van der Waals surface area contributed by atoms with Gasteiger partial charge >= 0.3 is 0 Å². The molecule has 1 aromatic carbocycles. The van der Waals surface area contributed by atoms with Crippen LogP contribution in [0.25, 0.3) is 10.2 Å². The van der Waals surface area contributed by atoms with Crippen LogP contribution in [0.4, 0.5) is 8.78 Å². The average Bonchev–Trinajstić information content (AvgIpc) is 3.35. The third-order valence-electron chi connectivity index (χ3n) is 4.08. The quantitative estimate of drug-likeness (QED) is 0.559. The second kappa shape index (κ2) is 6.76. The molecule has 3 heterocycles. The van der Waals surface area contributed by atoms with Crippen LogP contribution < -0.4 is 5.32 Å². The summed E-state index contributed by atoms with van der Waals surface area (Å²) in [5.41, 5.74) is 1.92. The van der Waals surface area contributed by atoms with Crippen molar-refractivity contribution in [2.75, 3.05) is 0 Å². The maximum Gasteiger partial charge on any atom is 0.268 e. The summed E-state index contributed by atoms with van der Waals surface area (Å²) in [6.45, 7) is 0.538. The number of halogens is 2. The van der Waals surface area contributed by atoms with Gasteiger partial charge < -0.3 is 14.3 Å². The molecule has 0 aliphatic carbocycles. The SMILES string of the molecule is O=C(NCc1ccco1)c1cc2sccc2n1Cc1ccc(F)c(F)c1. The first-order valence-electron chi connectivity index (χ1n) is 7.93. The van der Waals surface area contributed by atoms with E-state index in [1.54, 1.807) is 29.0 Å². The summed E-state index contributed by atoms with van der Waals surface area (Å²) < 4.78 is 34.7. The molecule has 0 radical (unpaired) electrons. The van der Waals surface area contributed by atoms with E-state index in [0.29, 0.717) is 17.0 Å². The molecule has 132 valence electrons. The van der Waals surface area contributed by atoms with Crippen LogP contribution in [0.3, 0.4) is 0 Å². The van der Waals surface area contributed by atoms with Gasteiger partial charge in [0.15, 0.2) is 11.6 Å². The molecule has 26 heavy (non-hydrogen) atoms. The van der Waals surface area contributed by atoms with Crippen molar-refractivity contribution in [3.05, 3.63) is 82.8 Å². The van der Waals surface area contributed by atoms with E-state index in [1.807, 2.05) is 11.4 Å². The number of hydrogen-bond acceptors (Lipinski definition) is 3. The maximum absolute atomic E-state index is 13.5. The lowest BCUT2D eigenvalue weighted by Gasteiger charge is -2.11. The molecule has 4 rings (SSSR count). The fourth-order valence-corrected chi connectivity index (χ4v) is 3.65. The van der Waals surface area contributed by atoms with Gasteiger partial charge in [0.2, 0.25) is 0 Å². The van der Waals surface area contributed by atoms with Crippen molar-refractivity contribution in [3.8, 4) is 0 Å². The van der Waals surface area contributed by atoms with E-state index in [2.05, 4.69) is 5.32 Å². The molecule has 4 aromatic rings. The number of furan rings is 1. The first kappa shape index (κ1) is 16.5. The zero-order valence-corrected chi connectivity index (χ0v) is 14.4. The van der Waals surface area contributed by atoms with Gasteiger partial charge in [-0.2, -0.15) is 0 Å². The lowest BCUT2D eigenvalue weighted by molar-refractivity contribution is 0.0939. The summed E-state index contributed by atoms with van der Waals surface area (Å²) in [6.07, 6.45) is 1.54. The highest BCUT2D eigenvalue weighted by molar-refractivity contribution is 7.17. The predicted octanol–water partition coefficient (Wildman–Crippen LogP) is 4.55. The van der Waals surface area contributed by atoms with Crippen molar-refractivity contribution in [2.24, 2.45) is 0 Å². The number of fused-ring (bicyclic) bond motifs is 1. The molecule has 0 aliphatic heterocycles. The number of nitrogens with one attached hydrogen (secondary N) is 1. The number of aromatic nitrogens is 1. The molecule has 4 nitrogen and oxygen atoms in total. The molecule has 0 aliphatic rings. The molecule has 7 heteroatoms. The molecule has 0 atom stereocenters. The first-order chi connectivity index (χ1) is 12.6. The molecule has 0 saturated carbocycles. The van der Waals surface area contributed by atoms with Crippen LogP contribution in [0.2, 0.25) is 0 Å². The fourth-order valence-electron chi connectivity index (χ4n) is 2.83. The van der Waals surface area contributed by atoms with Gasteiger partial charge in [-0.25, -0.2) is 8.78 Å². The van der Waals surface area contributed by atoms with Crippen LogP contribution in [-0.2, 0) is 13.1 Å². The van der Waals surface area contributed by atoms with E-state index >= 15 is 0 Å². The first-order valence-corrected chi connectivity index (χ1v) is 8.81. The summed E-state index contributed by atoms with van der Waals surface area (Å²) in [7, 11) is 0. The minimum Gasteiger partial charge on any atom is -0.467 e. The van der Waals surface area contributed by atoms with Crippen molar-refractivity contribution >= 4 is 27.5 Å². The third kappa shape index (κ3) is 3.13. The van der Waals surface area contributed by atoms with Crippen molar-refractivity contribution in [3.63, 3.8) is 0 Å². The molecule has 0 unspecified atom stereocenters. The summed E-state index contributed by atoms with van der Waals surface area (Å²) >= 11 is 1.52. The Morgan fingerprint density at radius 2 is 2.04 bits per heavy atom. The van der Waals surface area contributed by atoms with Gasteiger partial charge in [-0.3, -0.25) is 4.79 Å². The lowest BCUT2D eigenvalue weighted by atomic mass is 10.2. The van der Waals surface area contributed by atoms with Crippen LogP contribution in [-0.4, -0.2) is 10.5 Å². The Morgan fingerprint density at radius 1 is 1.15 bits per heavy atom. The van der Waals surface area contributed by atoms with Gasteiger partial charge in [0.25, 0.3) is 5.91 Å². The van der Waals surface area contributed by atoms with Crippen LogP contribution in [0.5, 0.6) is 0 Å². The Balaban J connectivity index is 1.64. The third-order valence-corrected chi connectivity index (χ3v) is 4.94. The number of thiophene rings is 1. The van der Waals surface area contributed by atoms with Gasteiger partial charge in [-0.1, -0.05) is 6.07 Å². The van der Waals surface area contributed by atoms with Gasteiger partial charge in [0.05, 0.1) is 23.0 Å². The minimum atomic E-state index is -0.903. The van der Waals surface area contributed by atoms with Crippen LogP contribution in [0, 0.1) is 11.6 Å². The van der Waals surface area contributed by atoms with Crippen molar-refractivity contribution < 1.29 is 18.0 Å². The smallest absolute Gasteiger partial charge is 0.268 e. The zero-order chi connectivity index (χ0) is 18.1. The number of hydrogen-bond donors (Lipinski definition) is 1. The number of amides is 1. The minimum absolute atomic E-state index is 0.257. The normalized spacial score (nSPS) is 11.2. The second-order valence-corrected chi connectivity index (χ2v) is 6.74. The number of benzene rings is 1. The van der Waals surface area contributed by atoms with Gasteiger partial charge in [0.1, 0.15) is 11.5 Å². The molecule has 0 saturated heterocycles. The Bertz CT molecular complexity index is 1070. The Morgan fingerprint density at radius 3 is 2.81 bits per heavy atom. The van der Waals surface area contributed by atoms with Crippen molar-refractivity contribution in [2.45, 2.75) is 13.1 Å². The molecule has 0 bridgehead atoms. The van der Waals surface area contributed by atoms with Crippen molar-refractivity contribution in [1.82, 2.24) is 9.88 Å². The van der Waals surface area contributed by atoms with E-state index in [-0.39, 0.29) is 19.0 Å². The highest BCUT2D eigenvalue weighted by Gasteiger charge is 2.17. The molecule has 0 spiro atoms. The van der Waals surface area contributed by atoms with Crippen LogP contribution >= 0.6 is 11.3 Å². The molecule has 1 N–H and O–H groups in total. The van der Waals surface area contributed by atoms with E-state index in [1.165, 1.54) is 17.4 Å². The number of rotatable bonds is 5. The topological polar surface area (TPSA) is 47.2 Å². The molecular formula is C19H14F2N2O2S. The molecule has 0 fully saturated rings. The summed E-state index contributed by atoms with van der Waals surface area (Å²) in [5.74, 6) is -1.40. The van der Waals surface area contributed by atoms with Crippen LogP contribution in [0.1, 0.15) is 21.8 Å². The van der Waals surface area contributed by atoms with Gasteiger partial charge in [-0.15, -0.1) is 11.3 Å². The standard InChI is InChI=1S/C19H14F2N2O2S/c20-14-4-3-12(8-15(14)21)11-23-16-5-7-26-18(16)9-17(23)19(24)22-10-13-2-1-6-25-13/h1-9H,10-11H2,(H,22,24). The van der Waals surface area contributed by atoms with Crippen molar-refractivity contribution in [1.29, 1.82) is 0 Å². The number of carbonyl (C=O) groups is 1. The van der Waals surface area contributed by atoms with E-state index in [4.69, 9.17) is 4.42 Å². The summed E-state index contributed by atoms with van der Waals surface area (Å²) in [4.78, 5) is 12.6. The Kier molecular flexibility index (Phi) is 4.30. The monoisotopic (exact) mass is 372 g/mol. The maximum atomic E-state index is 13.5. The van der Waals surface area contributed by atoms with E-state index < -0.39 is 11.6 Å². The number of carbonyl (C=O) groups excluding carboxylic acids is 1. The lowest BCUT2D eigenvalue weighted by Crippen LogP contribution is -2.25. The fraction of sp³-hybridized carbons (Fsp3) is 0.105. The average molecular weight is 372 g/mol. The molecule has 3 aromatic heterocycles. The molecular weight excluding hydrogens is 358 g/mol.